The molecule has 1 N–H and O–H groups in total. The average molecular weight is 269 g/mol. The van der Waals surface area contributed by atoms with Crippen molar-refractivity contribution >= 4 is 0 Å². The molecular formula is C16H31NO2. The van der Waals surface area contributed by atoms with Crippen molar-refractivity contribution in [1.29, 1.82) is 0 Å². The number of hydrogen-bond acceptors (Lipinski definition) is 3. The summed E-state index contributed by atoms with van der Waals surface area (Å²) in [5, 5.41) is 12.3. The zero-order valence-electron chi connectivity index (χ0n) is 13.3. The van der Waals surface area contributed by atoms with Gasteiger partial charge in [0.15, 0.2) is 0 Å². The highest BCUT2D eigenvalue weighted by atomic mass is 16.7. The number of hydroxylamine groups is 2. The van der Waals surface area contributed by atoms with Crippen LogP contribution in [-0.2, 0) is 4.84 Å². The van der Waals surface area contributed by atoms with Gasteiger partial charge in [-0.2, -0.15) is 5.06 Å². The number of hydrogen-bond donors (Lipinski definition) is 1. The fourth-order valence-electron chi connectivity index (χ4n) is 3.77. The highest BCUT2D eigenvalue weighted by molar-refractivity contribution is 4.93. The highest BCUT2D eigenvalue weighted by Gasteiger charge is 2.44. The molecule has 0 spiro atoms. The van der Waals surface area contributed by atoms with Crippen LogP contribution in [0.25, 0.3) is 0 Å². The molecular weight excluding hydrogens is 238 g/mol. The first-order chi connectivity index (χ1) is 8.72. The number of piperidine rings is 1. The maximum atomic E-state index is 10.0. The van der Waals surface area contributed by atoms with E-state index in [0.717, 1.165) is 19.3 Å². The molecule has 0 amide bonds. The second kappa shape index (κ2) is 5.34. The van der Waals surface area contributed by atoms with E-state index in [1.54, 1.807) is 0 Å². The maximum absolute atomic E-state index is 10.0. The number of nitrogens with zero attached hydrogens (tertiary/aromatic N) is 1. The van der Waals surface area contributed by atoms with E-state index in [-0.39, 0.29) is 23.3 Å². The Morgan fingerprint density at radius 3 is 2.16 bits per heavy atom. The number of aliphatic hydroxyl groups excluding tert-OH is 1. The van der Waals surface area contributed by atoms with E-state index in [2.05, 4.69) is 39.7 Å². The molecule has 2 aliphatic rings. The smallest absolute Gasteiger partial charge is 0.0818 e. The van der Waals surface area contributed by atoms with Crippen LogP contribution in [0.4, 0.5) is 0 Å². The molecule has 112 valence electrons. The molecule has 0 aromatic heterocycles. The van der Waals surface area contributed by atoms with Crippen molar-refractivity contribution in [3.63, 3.8) is 0 Å². The van der Waals surface area contributed by atoms with E-state index < -0.39 is 0 Å². The van der Waals surface area contributed by atoms with Crippen LogP contribution in [0.1, 0.15) is 73.1 Å². The van der Waals surface area contributed by atoms with Crippen LogP contribution in [0.2, 0.25) is 0 Å². The van der Waals surface area contributed by atoms with Crippen LogP contribution in [0.3, 0.4) is 0 Å². The number of rotatable bonds is 2. The molecule has 1 heterocycles. The Morgan fingerprint density at radius 2 is 1.63 bits per heavy atom. The van der Waals surface area contributed by atoms with Gasteiger partial charge in [0.25, 0.3) is 0 Å². The monoisotopic (exact) mass is 269 g/mol. The molecule has 3 atom stereocenters. The third kappa shape index (κ3) is 3.32. The molecule has 1 aliphatic carbocycles. The zero-order valence-corrected chi connectivity index (χ0v) is 13.3. The lowest BCUT2D eigenvalue weighted by Crippen LogP contribution is -2.59. The molecule has 0 unspecified atom stereocenters. The quantitative estimate of drug-likeness (QED) is 0.832. The lowest BCUT2D eigenvalue weighted by molar-refractivity contribution is -0.312. The summed E-state index contributed by atoms with van der Waals surface area (Å²) >= 11 is 0. The predicted molar refractivity (Wildman–Crippen MR) is 77.7 cm³/mol. The molecule has 0 aromatic carbocycles. The summed E-state index contributed by atoms with van der Waals surface area (Å²) in [6, 6.07) is 0. The Kier molecular flexibility index (Phi) is 4.29. The molecule has 1 saturated heterocycles. The van der Waals surface area contributed by atoms with Crippen LogP contribution >= 0.6 is 0 Å². The maximum Gasteiger partial charge on any atom is 0.0818 e. The van der Waals surface area contributed by atoms with E-state index >= 15 is 0 Å². The van der Waals surface area contributed by atoms with Gasteiger partial charge in [0, 0.05) is 17.5 Å². The second-order valence-electron chi connectivity index (χ2n) is 7.86. The molecule has 2 fully saturated rings. The van der Waals surface area contributed by atoms with Crippen LogP contribution in [0.5, 0.6) is 0 Å². The Hall–Kier alpha value is -0.120. The van der Waals surface area contributed by atoms with Crippen LogP contribution < -0.4 is 0 Å². The molecule has 19 heavy (non-hydrogen) atoms. The van der Waals surface area contributed by atoms with E-state index in [4.69, 9.17) is 4.84 Å². The SMILES string of the molecule is C[C@@H]1CC[C@@H](ON2C(C)(C)CCCC2(C)C)C[C@H]1O. The Morgan fingerprint density at radius 1 is 1.05 bits per heavy atom. The van der Waals surface area contributed by atoms with Crippen LogP contribution in [-0.4, -0.2) is 33.5 Å². The van der Waals surface area contributed by atoms with Crippen LogP contribution in [0, 0.1) is 5.92 Å². The van der Waals surface area contributed by atoms with E-state index in [0.29, 0.717) is 5.92 Å². The van der Waals surface area contributed by atoms with Gasteiger partial charge in [0.05, 0.1) is 12.2 Å². The van der Waals surface area contributed by atoms with Crippen molar-refractivity contribution in [1.82, 2.24) is 5.06 Å². The van der Waals surface area contributed by atoms with Gasteiger partial charge >= 0.3 is 0 Å². The first-order valence-corrected chi connectivity index (χ1v) is 7.87. The average Bonchev–Trinajstić information content (AvgIpc) is 2.28. The molecule has 1 aliphatic heterocycles. The van der Waals surface area contributed by atoms with Gasteiger partial charge in [-0.25, -0.2) is 0 Å². The molecule has 2 rings (SSSR count). The standard InChI is InChI=1S/C16H31NO2/c1-12-7-8-13(11-14(12)18)19-17-15(2,3)9-6-10-16(17,4)5/h12-14,18H,6-11H2,1-5H3/t12-,13-,14-/m1/s1. The first kappa shape index (κ1) is 15.3. The van der Waals surface area contributed by atoms with E-state index in [9.17, 15) is 5.11 Å². The van der Waals surface area contributed by atoms with Gasteiger partial charge in [-0.15, -0.1) is 0 Å². The minimum atomic E-state index is -0.199. The zero-order chi connectivity index (χ0) is 14.3. The van der Waals surface area contributed by atoms with Gasteiger partial charge in [-0.1, -0.05) is 6.92 Å². The normalized spacial score (nSPS) is 39.2. The molecule has 3 heteroatoms. The predicted octanol–water partition coefficient (Wildman–Crippen LogP) is 3.51. The van der Waals surface area contributed by atoms with Crippen molar-refractivity contribution in [3.8, 4) is 0 Å². The van der Waals surface area contributed by atoms with Gasteiger partial charge in [-0.05, 0) is 65.7 Å². The van der Waals surface area contributed by atoms with Crippen LogP contribution in [0.15, 0.2) is 0 Å². The molecule has 0 radical (unpaired) electrons. The van der Waals surface area contributed by atoms with Crippen molar-refractivity contribution in [2.75, 3.05) is 0 Å². The first-order valence-electron chi connectivity index (χ1n) is 7.87. The Labute approximate surface area is 118 Å². The molecule has 1 saturated carbocycles. The van der Waals surface area contributed by atoms with Crippen molar-refractivity contribution in [3.05, 3.63) is 0 Å². The summed E-state index contributed by atoms with van der Waals surface area (Å²) in [6.07, 6.45) is 6.54. The summed E-state index contributed by atoms with van der Waals surface area (Å²) in [6.45, 7) is 11.2. The van der Waals surface area contributed by atoms with Gasteiger partial charge in [-0.3, -0.25) is 4.84 Å². The van der Waals surface area contributed by atoms with E-state index in [1.165, 1.54) is 19.3 Å². The van der Waals surface area contributed by atoms with Gasteiger partial charge < -0.3 is 5.11 Å². The third-order valence-electron chi connectivity index (χ3n) is 5.04. The topological polar surface area (TPSA) is 32.7 Å². The second-order valence-corrected chi connectivity index (χ2v) is 7.86. The largest absolute Gasteiger partial charge is 0.393 e. The van der Waals surface area contributed by atoms with Crippen molar-refractivity contribution in [2.45, 2.75) is 96.4 Å². The molecule has 3 nitrogen and oxygen atoms in total. The lowest BCUT2D eigenvalue weighted by Gasteiger charge is -2.53. The summed E-state index contributed by atoms with van der Waals surface area (Å²) in [7, 11) is 0. The highest BCUT2D eigenvalue weighted by Crippen LogP contribution is 2.40. The minimum absolute atomic E-state index is 0.0930. The van der Waals surface area contributed by atoms with E-state index in [1.807, 2.05) is 0 Å². The minimum Gasteiger partial charge on any atom is -0.393 e. The summed E-state index contributed by atoms with van der Waals surface area (Å²) < 4.78 is 0. The summed E-state index contributed by atoms with van der Waals surface area (Å²) in [5.74, 6) is 0.419. The number of aliphatic hydroxyl groups is 1. The molecule has 0 aromatic rings. The summed E-state index contributed by atoms with van der Waals surface area (Å²) in [5.41, 5.74) is 0.186. The van der Waals surface area contributed by atoms with Crippen molar-refractivity contribution in [2.24, 2.45) is 5.92 Å². The molecule has 0 bridgehead atoms. The lowest BCUT2D eigenvalue weighted by atomic mass is 9.82. The fraction of sp³-hybridized carbons (Fsp3) is 1.00. The fourth-order valence-corrected chi connectivity index (χ4v) is 3.77. The van der Waals surface area contributed by atoms with Gasteiger partial charge in [0.1, 0.15) is 0 Å². The Balaban J connectivity index is 2.03. The Bertz CT molecular complexity index is 298. The summed E-state index contributed by atoms with van der Waals surface area (Å²) in [4.78, 5) is 6.35. The van der Waals surface area contributed by atoms with Crippen molar-refractivity contribution < 1.29 is 9.94 Å². The van der Waals surface area contributed by atoms with Gasteiger partial charge in [0.2, 0.25) is 0 Å². The third-order valence-corrected chi connectivity index (χ3v) is 5.04.